The largest absolute Gasteiger partial charge is 0.448 e. The highest BCUT2D eigenvalue weighted by atomic mass is 16.3. The number of aliphatic imine (C=N–C) groups is 1. The van der Waals surface area contributed by atoms with Crippen LogP contribution in [0.4, 0.5) is 10.5 Å². The quantitative estimate of drug-likeness (QED) is 0.177. The van der Waals surface area contributed by atoms with Gasteiger partial charge in [-0.05, 0) is 12.0 Å². The molecular formula is C16H18N6O3. The van der Waals surface area contributed by atoms with E-state index in [1.54, 1.807) is 19.3 Å². The van der Waals surface area contributed by atoms with E-state index >= 15 is 0 Å². The molecule has 1 aliphatic heterocycles. The molecular weight excluding hydrogens is 324 g/mol. The lowest BCUT2D eigenvalue weighted by Crippen LogP contribution is -2.23. The van der Waals surface area contributed by atoms with Crippen LogP contribution in [0.2, 0.25) is 0 Å². The molecule has 0 aliphatic carbocycles. The fraction of sp³-hybridized carbons (Fsp3) is 0.250. The summed E-state index contributed by atoms with van der Waals surface area (Å²) in [5.41, 5.74) is 3.65. The Bertz CT molecular complexity index is 771. The van der Waals surface area contributed by atoms with Crippen molar-refractivity contribution in [2.45, 2.75) is 6.04 Å². The number of nitrogens with one attached hydrogen (secondary N) is 4. The zero-order valence-corrected chi connectivity index (χ0v) is 13.6. The second kappa shape index (κ2) is 8.47. The molecule has 25 heavy (non-hydrogen) atoms. The van der Waals surface area contributed by atoms with Gasteiger partial charge in [-0.25, -0.2) is 9.79 Å². The average Bonchev–Trinajstić information content (AvgIpc) is 3.15. The molecule has 1 aliphatic rings. The highest BCUT2D eigenvalue weighted by molar-refractivity contribution is 6.04. The molecule has 9 heteroatoms. The maximum atomic E-state index is 11.7. The summed E-state index contributed by atoms with van der Waals surface area (Å²) in [4.78, 5) is 27.3. The van der Waals surface area contributed by atoms with Gasteiger partial charge in [-0.2, -0.15) is 5.10 Å². The minimum absolute atomic E-state index is 0.167. The molecule has 130 valence electrons. The second-order valence-corrected chi connectivity index (χ2v) is 4.88. The third-order valence-electron chi connectivity index (χ3n) is 3.18. The van der Waals surface area contributed by atoms with E-state index in [-0.39, 0.29) is 11.5 Å². The fourth-order valence-electron chi connectivity index (χ4n) is 2.06. The third kappa shape index (κ3) is 4.55. The monoisotopic (exact) mass is 342 g/mol. The maximum Gasteiger partial charge on any atom is 0.322 e. The smallest absolute Gasteiger partial charge is 0.322 e. The molecule has 1 atom stereocenters. The highest BCUT2D eigenvalue weighted by Crippen LogP contribution is 2.29. The van der Waals surface area contributed by atoms with E-state index in [1.807, 2.05) is 0 Å². The Morgan fingerprint density at radius 3 is 2.96 bits per heavy atom. The number of imide groups is 1. The summed E-state index contributed by atoms with van der Waals surface area (Å²) in [6.45, 7) is 4.69. The predicted octanol–water partition coefficient (Wildman–Crippen LogP) is 0.195. The first kappa shape index (κ1) is 18.0. The fourth-order valence-corrected chi connectivity index (χ4v) is 2.06. The summed E-state index contributed by atoms with van der Waals surface area (Å²) >= 11 is 0. The van der Waals surface area contributed by atoms with Crippen molar-refractivity contribution in [1.82, 2.24) is 21.4 Å². The molecule has 2 rings (SSSR count). The molecule has 0 aromatic carbocycles. The maximum absolute atomic E-state index is 11.7. The first-order valence-corrected chi connectivity index (χ1v) is 7.39. The Balaban J connectivity index is 2.15. The van der Waals surface area contributed by atoms with E-state index in [4.69, 9.17) is 10.8 Å². The van der Waals surface area contributed by atoms with Crippen LogP contribution in [0, 0.1) is 12.3 Å². The molecule has 2 heterocycles. The number of hydrazone groups is 1. The molecule has 0 bridgehead atoms. The van der Waals surface area contributed by atoms with Crippen molar-refractivity contribution in [3.8, 4) is 12.3 Å². The Kier molecular flexibility index (Phi) is 6.08. The van der Waals surface area contributed by atoms with Crippen molar-refractivity contribution in [1.29, 1.82) is 0 Å². The van der Waals surface area contributed by atoms with Crippen molar-refractivity contribution in [3.63, 3.8) is 0 Å². The van der Waals surface area contributed by atoms with E-state index in [0.29, 0.717) is 24.5 Å². The van der Waals surface area contributed by atoms with Crippen molar-refractivity contribution >= 4 is 29.6 Å². The van der Waals surface area contributed by atoms with Gasteiger partial charge in [0.25, 0.3) is 5.91 Å². The molecule has 1 aromatic rings. The molecule has 1 saturated heterocycles. The van der Waals surface area contributed by atoms with Gasteiger partial charge in [0.2, 0.25) is 5.76 Å². The lowest BCUT2D eigenvalue weighted by molar-refractivity contribution is -0.120. The number of nitrogens with zero attached hydrogens (tertiary/aromatic N) is 2. The summed E-state index contributed by atoms with van der Waals surface area (Å²) in [6.07, 6.45) is 8.68. The minimum Gasteiger partial charge on any atom is -0.448 e. The van der Waals surface area contributed by atoms with Crippen molar-refractivity contribution in [2.24, 2.45) is 10.1 Å². The van der Waals surface area contributed by atoms with Crippen molar-refractivity contribution in [2.75, 3.05) is 20.1 Å². The first-order chi connectivity index (χ1) is 12.1. The molecule has 1 fully saturated rings. The number of amides is 3. The van der Waals surface area contributed by atoms with Crippen LogP contribution in [0.5, 0.6) is 0 Å². The van der Waals surface area contributed by atoms with Gasteiger partial charge in [0.15, 0.2) is 6.04 Å². The van der Waals surface area contributed by atoms with E-state index in [0.717, 1.165) is 0 Å². The number of hydrogen-bond donors (Lipinski definition) is 4. The van der Waals surface area contributed by atoms with E-state index in [9.17, 15) is 9.59 Å². The number of hydrogen-bond acceptors (Lipinski definition) is 7. The number of furan rings is 1. The van der Waals surface area contributed by atoms with E-state index < -0.39 is 18.0 Å². The SMILES string of the molecule is C#Cc1oc(C2NC(=O)NC2=O)cc1N=C(C=C)CNC/C=N\NC. The molecule has 0 saturated carbocycles. The highest BCUT2D eigenvalue weighted by Gasteiger charge is 2.34. The summed E-state index contributed by atoms with van der Waals surface area (Å²) in [5, 5.41) is 11.5. The molecule has 3 amide bonds. The van der Waals surface area contributed by atoms with Crippen LogP contribution in [0.3, 0.4) is 0 Å². The molecule has 1 aromatic heterocycles. The normalized spacial score (nSPS) is 17.3. The Hall–Kier alpha value is -3.38. The Morgan fingerprint density at radius 2 is 2.36 bits per heavy atom. The zero-order valence-electron chi connectivity index (χ0n) is 13.6. The van der Waals surface area contributed by atoms with Gasteiger partial charge >= 0.3 is 6.03 Å². The van der Waals surface area contributed by atoms with Crippen molar-refractivity contribution < 1.29 is 14.0 Å². The van der Waals surface area contributed by atoms with Crippen LogP contribution in [0.25, 0.3) is 0 Å². The van der Waals surface area contributed by atoms with Gasteiger partial charge in [-0.15, -0.1) is 6.42 Å². The summed E-state index contributed by atoms with van der Waals surface area (Å²) in [6, 6.07) is 0.0151. The standard InChI is InChI=1S/C16H18N6O3/c1-4-10(9-18-6-7-19-17-3)20-11-8-13(25-12(11)5-2)14-15(23)22-16(24)21-14/h2,4,7-8,14,17-18H,1,6,9H2,3H3,(H2,21,22,23,24)/b19-7-,20-10?. The van der Waals surface area contributed by atoms with Gasteiger partial charge in [0.05, 0.1) is 5.71 Å². The van der Waals surface area contributed by atoms with E-state index in [2.05, 4.69) is 44.0 Å². The van der Waals surface area contributed by atoms with Gasteiger partial charge < -0.3 is 20.5 Å². The molecule has 9 nitrogen and oxygen atoms in total. The zero-order chi connectivity index (χ0) is 18.2. The van der Waals surface area contributed by atoms with Crippen LogP contribution in [0.15, 0.2) is 33.2 Å². The van der Waals surface area contributed by atoms with Gasteiger partial charge in [0, 0.05) is 32.4 Å². The van der Waals surface area contributed by atoms with Crippen LogP contribution < -0.4 is 21.4 Å². The van der Waals surface area contributed by atoms with Crippen molar-refractivity contribution in [3.05, 3.63) is 30.2 Å². The Labute approximate surface area is 144 Å². The Morgan fingerprint density at radius 1 is 1.56 bits per heavy atom. The average molecular weight is 342 g/mol. The number of carbonyl (C=O) groups excluding carboxylic acids is 2. The van der Waals surface area contributed by atoms with Crippen LogP contribution in [0.1, 0.15) is 17.6 Å². The summed E-state index contributed by atoms with van der Waals surface area (Å²) < 4.78 is 5.47. The second-order valence-electron chi connectivity index (χ2n) is 4.88. The minimum atomic E-state index is -0.924. The predicted molar refractivity (Wildman–Crippen MR) is 93.8 cm³/mol. The summed E-state index contributed by atoms with van der Waals surface area (Å²) in [7, 11) is 1.71. The molecule has 4 N–H and O–H groups in total. The number of rotatable bonds is 8. The third-order valence-corrected chi connectivity index (χ3v) is 3.18. The first-order valence-electron chi connectivity index (χ1n) is 7.39. The number of carbonyl (C=O) groups is 2. The topological polar surface area (TPSA) is 120 Å². The number of urea groups is 1. The van der Waals surface area contributed by atoms with Crippen LogP contribution >= 0.6 is 0 Å². The molecule has 1 unspecified atom stereocenters. The lowest BCUT2D eigenvalue weighted by atomic mass is 10.2. The van der Waals surface area contributed by atoms with Gasteiger partial charge in [0.1, 0.15) is 11.4 Å². The van der Waals surface area contributed by atoms with Crippen LogP contribution in [-0.2, 0) is 4.79 Å². The van der Waals surface area contributed by atoms with E-state index in [1.165, 1.54) is 6.07 Å². The molecule has 0 radical (unpaired) electrons. The van der Waals surface area contributed by atoms with Crippen LogP contribution in [-0.4, -0.2) is 44.0 Å². The summed E-state index contributed by atoms with van der Waals surface area (Å²) in [5.74, 6) is 2.25. The number of terminal acetylenes is 1. The molecule has 0 spiro atoms. The van der Waals surface area contributed by atoms with Gasteiger partial charge in [-0.3, -0.25) is 10.1 Å². The van der Waals surface area contributed by atoms with Gasteiger partial charge in [-0.1, -0.05) is 6.58 Å². The lowest BCUT2D eigenvalue weighted by Gasteiger charge is -2.01.